The molecule has 0 bridgehead atoms. The zero-order valence-electron chi connectivity index (χ0n) is 19.8. The number of hydrogen-bond acceptors (Lipinski definition) is 6. The molecule has 1 amide bonds. The average Bonchev–Trinajstić information content (AvgIpc) is 3.25. The Bertz CT molecular complexity index is 1270. The van der Waals surface area contributed by atoms with Crippen LogP contribution in [0.25, 0.3) is 10.9 Å². The number of anilines is 2. The number of carbonyl (C=O) groups excluding carboxylic acids is 1. The number of aryl methyl sites for hydroxylation is 1. The van der Waals surface area contributed by atoms with E-state index >= 15 is 0 Å². The summed E-state index contributed by atoms with van der Waals surface area (Å²) in [5.41, 5.74) is 3.80. The molecule has 0 spiro atoms. The minimum atomic E-state index is -0.174. The van der Waals surface area contributed by atoms with Crippen molar-refractivity contribution < 1.29 is 9.53 Å². The molecule has 0 aliphatic carbocycles. The number of nitrogens with zero attached hydrogens (tertiary/aromatic N) is 3. The second kappa shape index (κ2) is 9.56. The number of ether oxygens (including phenoxy) is 1. The van der Waals surface area contributed by atoms with E-state index in [0.29, 0.717) is 17.3 Å². The largest absolute Gasteiger partial charge is 0.379 e. The van der Waals surface area contributed by atoms with Crippen LogP contribution in [0.1, 0.15) is 41.3 Å². The van der Waals surface area contributed by atoms with Crippen molar-refractivity contribution in [2.45, 2.75) is 39.3 Å². The van der Waals surface area contributed by atoms with E-state index in [2.05, 4.69) is 27.0 Å². The molecule has 0 saturated carbocycles. The number of benzene rings is 1. The number of pyridine rings is 2. The highest BCUT2D eigenvalue weighted by Gasteiger charge is 2.27. The van der Waals surface area contributed by atoms with Gasteiger partial charge in [-0.2, -0.15) is 0 Å². The maximum absolute atomic E-state index is 13.5. The Morgan fingerprint density at radius 2 is 2.03 bits per heavy atom. The van der Waals surface area contributed by atoms with Gasteiger partial charge in [-0.1, -0.05) is 0 Å². The van der Waals surface area contributed by atoms with Crippen LogP contribution in [0, 0.1) is 6.92 Å². The Morgan fingerprint density at radius 1 is 1.21 bits per heavy atom. The predicted molar refractivity (Wildman–Crippen MR) is 134 cm³/mol. The lowest BCUT2D eigenvalue weighted by atomic mass is 10.1. The molecule has 34 heavy (non-hydrogen) atoms. The summed E-state index contributed by atoms with van der Waals surface area (Å²) in [6, 6.07) is 9.46. The number of amides is 1. The van der Waals surface area contributed by atoms with Gasteiger partial charge >= 0.3 is 0 Å². The summed E-state index contributed by atoms with van der Waals surface area (Å²) >= 11 is 0. The number of H-pyrrole nitrogens is 1. The van der Waals surface area contributed by atoms with Crippen LogP contribution in [0.3, 0.4) is 0 Å². The predicted octanol–water partition coefficient (Wildman–Crippen LogP) is 3.30. The van der Waals surface area contributed by atoms with Gasteiger partial charge in [0.05, 0.1) is 18.8 Å². The smallest absolute Gasteiger partial charge is 0.259 e. The van der Waals surface area contributed by atoms with Gasteiger partial charge in [0.2, 0.25) is 5.56 Å². The number of aromatic nitrogens is 2. The lowest BCUT2D eigenvalue weighted by Crippen LogP contribution is -2.36. The van der Waals surface area contributed by atoms with Gasteiger partial charge in [-0.3, -0.25) is 14.5 Å². The molecule has 2 aliphatic heterocycles. The van der Waals surface area contributed by atoms with E-state index in [-0.39, 0.29) is 11.5 Å². The maximum Gasteiger partial charge on any atom is 0.259 e. The molecular weight excluding hydrogens is 430 g/mol. The summed E-state index contributed by atoms with van der Waals surface area (Å²) < 4.78 is 5.46. The Morgan fingerprint density at radius 3 is 2.79 bits per heavy atom. The van der Waals surface area contributed by atoms with Gasteiger partial charge in [-0.15, -0.1) is 0 Å². The second-order valence-electron chi connectivity index (χ2n) is 9.32. The normalized spacial score (nSPS) is 19.0. The van der Waals surface area contributed by atoms with Gasteiger partial charge < -0.3 is 19.9 Å². The molecule has 8 heteroatoms. The summed E-state index contributed by atoms with van der Waals surface area (Å²) in [5.74, 6) is 0.571. The van der Waals surface area contributed by atoms with Crippen LogP contribution in [0.5, 0.6) is 0 Å². The third kappa shape index (κ3) is 4.69. The van der Waals surface area contributed by atoms with Crippen LogP contribution < -0.4 is 15.8 Å². The van der Waals surface area contributed by atoms with E-state index in [1.165, 1.54) is 0 Å². The highest BCUT2D eigenvalue weighted by Crippen LogP contribution is 2.29. The highest BCUT2D eigenvalue weighted by atomic mass is 16.5. The molecule has 1 unspecified atom stereocenters. The van der Waals surface area contributed by atoms with Crippen LogP contribution in [0.2, 0.25) is 0 Å². The Hall–Kier alpha value is -3.23. The first-order chi connectivity index (χ1) is 16.5. The maximum atomic E-state index is 13.5. The average molecular weight is 462 g/mol. The van der Waals surface area contributed by atoms with Gasteiger partial charge in [0.15, 0.2) is 0 Å². The molecule has 1 atom stereocenters. The molecule has 0 radical (unpaired) electrons. The lowest BCUT2D eigenvalue weighted by molar-refractivity contribution is 0.0341. The van der Waals surface area contributed by atoms with Gasteiger partial charge in [0.25, 0.3) is 5.91 Å². The number of nitrogens with one attached hydrogen (secondary N) is 2. The lowest BCUT2D eigenvalue weighted by Gasteiger charge is -2.28. The van der Waals surface area contributed by atoms with Crippen LogP contribution in [-0.2, 0) is 11.3 Å². The summed E-state index contributed by atoms with van der Waals surface area (Å²) in [4.78, 5) is 37.5. The standard InChI is InChI=1S/C26H31N5O3/c1-17-12-24(32)29-23-6-5-20(14-21(17)23)28-26(33)22-13-19(16-30-8-10-34-11-9-30)15-27-25(22)31-7-3-4-18(31)2/h5-6,12-15,18H,3-4,7-11,16H2,1-2H3,(H,28,33)(H,29,32). The highest BCUT2D eigenvalue weighted by molar-refractivity contribution is 6.08. The fourth-order valence-corrected chi connectivity index (χ4v) is 4.95. The molecule has 4 heterocycles. The molecule has 3 aromatic rings. The van der Waals surface area contributed by atoms with Crippen LogP contribution in [0.4, 0.5) is 11.5 Å². The molecule has 5 rings (SSSR count). The molecule has 8 nitrogen and oxygen atoms in total. The molecule has 2 aliphatic rings. The second-order valence-corrected chi connectivity index (χ2v) is 9.32. The third-order valence-corrected chi connectivity index (χ3v) is 6.81. The van der Waals surface area contributed by atoms with Crippen molar-refractivity contribution in [2.24, 2.45) is 0 Å². The van der Waals surface area contributed by atoms with Gasteiger partial charge in [-0.05, 0) is 62.1 Å². The molecule has 2 saturated heterocycles. The number of carbonyl (C=O) groups is 1. The van der Waals surface area contributed by atoms with Crippen molar-refractivity contribution >= 4 is 28.3 Å². The van der Waals surface area contributed by atoms with E-state index in [9.17, 15) is 9.59 Å². The van der Waals surface area contributed by atoms with E-state index in [1.54, 1.807) is 6.07 Å². The first-order valence-electron chi connectivity index (χ1n) is 12.0. The summed E-state index contributed by atoms with van der Waals surface area (Å²) in [7, 11) is 0. The summed E-state index contributed by atoms with van der Waals surface area (Å²) in [6.45, 7) is 8.96. The molecule has 178 valence electrons. The number of hydrogen-bond donors (Lipinski definition) is 2. The zero-order chi connectivity index (χ0) is 23.7. The van der Waals surface area contributed by atoms with E-state index in [0.717, 1.165) is 80.1 Å². The van der Waals surface area contributed by atoms with Crippen molar-refractivity contribution in [1.29, 1.82) is 0 Å². The first-order valence-corrected chi connectivity index (χ1v) is 12.0. The molecule has 2 fully saturated rings. The third-order valence-electron chi connectivity index (χ3n) is 6.81. The minimum Gasteiger partial charge on any atom is -0.379 e. The SMILES string of the molecule is Cc1cc(=O)[nH]c2ccc(NC(=O)c3cc(CN4CCOCC4)cnc3N3CCCC3C)cc12. The number of aromatic amines is 1. The van der Waals surface area contributed by atoms with Crippen molar-refractivity contribution in [3.8, 4) is 0 Å². The monoisotopic (exact) mass is 461 g/mol. The van der Waals surface area contributed by atoms with E-state index < -0.39 is 0 Å². The summed E-state index contributed by atoms with van der Waals surface area (Å²) in [6.07, 6.45) is 4.10. The van der Waals surface area contributed by atoms with Crippen LogP contribution in [0.15, 0.2) is 41.3 Å². The quantitative estimate of drug-likeness (QED) is 0.606. The topological polar surface area (TPSA) is 90.6 Å². The van der Waals surface area contributed by atoms with Gasteiger partial charge in [0, 0.05) is 61.1 Å². The van der Waals surface area contributed by atoms with Crippen molar-refractivity contribution in [1.82, 2.24) is 14.9 Å². The van der Waals surface area contributed by atoms with Crippen molar-refractivity contribution in [3.05, 3.63) is 63.6 Å². The fourth-order valence-electron chi connectivity index (χ4n) is 4.95. The Kier molecular flexibility index (Phi) is 6.34. The first kappa shape index (κ1) is 22.6. The number of rotatable bonds is 5. The van der Waals surface area contributed by atoms with Crippen LogP contribution in [-0.4, -0.2) is 59.7 Å². The van der Waals surface area contributed by atoms with Gasteiger partial charge in [-0.25, -0.2) is 4.98 Å². The summed E-state index contributed by atoms with van der Waals surface area (Å²) in [5, 5.41) is 3.98. The number of morpholine rings is 1. The molecular formula is C26H31N5O3. The molecule has 1 aromatic carbocycles. The van der Waals surface area contributed by atoms with E-state index in [4.69, 9.17) is 9.72 Å². The van der Waals surface area contributed by atoms with Crippen molar-refractivity contribution in [2.75, 3.05) is 43.1 Å². The fraction of sp³-hybridized carbons (Fsp3) is 0.423. The number of fused-ring (bicyclic) bond motifs is 1. The van der Waals surface area contributed by atoms with Crippen LogP contribution >= 0.6 is 0 Å². The van der Waals surface area contributed by atoms with E-state index in [1.807, 2.05) is 37.4 Å². The molecule has 2 N–H and O–H groups in total. The Labute approximate surface area is 198 Å². The van der Waals surface area contributed by atoms with Gasteiger partial charge in [0.1, 0.15) is 5.82 Å². The van der Waals surface area contributed by atoms with Crippen molar-refractivity contribution in [3.63, 3.8) is 0 Å². The Balaban J connectivity index is 1.45. The minimum absolute atomic E-state index is 0.130. The molecule has 2 aromatic heterocycles. The zero-order valence-corrected chi connectivity index (χ0v) is 19.8.